The van der Waals surface area contributed by atoms with Gasteiger partial charge in [0.1, 0.15) is 0 Å². The van der Waals surface area contributed by atoms with Gasteiger partial charge in [-0.25, -0.2) is 0 Å². The molecule has 21 heavy (non-hydrogen) atoms. The Labute approximate surface area is 128 Å². The predicted octanol–water partition coefficient (Wildman–Crippen LogP) is 4.77. The van der Waals surface area contributed by atoms with Crippen LogP contribution in [0.5, 0.6) is 0 Å². The van der Waals surface area contributed by atoms with Crippen LogP contribution in [0.2, 0.25) is 0 Å². The number of nitrogens with zero attached hydrogens (tertiary/aromatic N) is 1. The Kier molecular flexibility index (Phi) is 4.54. The van der Waals surface area contributed by atoms with Crippen LogP contribution < -0.4 is 5.32 Å². The summed E-state index contributed by atoms with van der Waals surface area (Å²) in [6.07, 6.45) is 6.91. The molecule has 1 fully saturated rings. The minimum absolute atomic E-state index is 0.463. The number of pyridine rings is 1. The van der Waals surface area contributed by atoms with Gasteiger partial charge < -0.3 is 5.32 Å². The summed E-state index contributed by atoms with van der Waals surface area (Å²) >= 11 is 0. The van der Waals surface area contributed by atoms with Gasteiger partial charge in [0.05, 0.1) is 5.52 Å². The molecule has 1 aliphatic carbocycles. The van der Waals surface area contributed by atoms with E-state index in [-0.39, 0.29) is 0 Å². The average Bonchev–Trinajstić information content (AvgIpc) is 2.99. The Bertz CT molecular complexity index is 600. The van der Waals surface area contributed by atoms with Crippen molar-refractivity contribution < 1.29 is 0 Å². The van der Waals surface area contributed by atoms with Crippen molar-refractivity contribution in [2.24, 2.45) is 5.92 Å². The van der Waals surface area contributed by atoms with Gasteiger partial charge in [-0.15, -0.1) is 0 Å². The van der Waals surface area contributed by atoms with Crippen molar-refractivity contribution in [3.63, 3.8) is 0 Å². The molecule has 0 aliphatic heterocycles. The van der Waals surface area contributed by atoms with Crippen molar-refractivity contribution in [1.82, 2.24) is 10.3 Å². The van der Waals surface area contributed by atoms with E-state index in [0.29, 0.717) is 6.04 Å². The molecule has 112 valence electrons. The molecule has 1 saturated carbocycles. The van der Waals surface area contributed by atoms with Crippen LogP contribution in [0, 0.1) is 12.8 Å². The molecule has 1 atom stereocenters. The number of hydrogen-bond acceptors (Lipinski definition) is 2. The van der Waals surface area contributed by atoms with Crippen molar-refractivity contribution in [3.05, 3.63) is 41.6 Å². The first-order chi connectivity index (χ1) is 10.3. The fraction of sp³-hybridized carbons (Fsp3) is 0.526. The Morgan fingerprint density at radius 1 is 1.24 bits per heavy atom. The molecule has 1 heterocycles. The first kappa shape index (κ1) is 14.5. The highest BCUT2D eigenvalue weighted by Gasteiger charge is 2.22. The third kappa shape index (κ3) is 3.26. The van der Waals surface area contributed by atoms with E-state index in [1.807, 2.05) is 0 Å². The summed E-state index contributed by atoms with van der Waals surface area (Å²) in [7, 11) is 0. The molecule has 0 amide bonds. The van der Waals surface area contributed by atoms with E-state index in [0.717, 1.165) is 23.7 Å². The molecule has 2 nitrogen and oxygen atoms in total. The Balaban J connectivity index is 1.97. The number of fused-ring (bicyclic) bond motifs is 1. The molecule has 0 spiro atoms. The van der Waals surface area contributed by atoms with Gasteiger partial charge in [0.25, 0.3) is 0 Å². The van der Waals surface area contributed by atoms with Crippen molar-refractivity contribution in [2.45, 2.75) is 52.0 Å². The topological polar surface area (TPSA) is 24.9 Å². The zero-order valence-electron chi connectivity index (χ0n) is 13.2. The third-order valence-electron chi connectivity index (χ3n) is 4.75. The van der Waals surface area contributed by atoms with Crippen LogP contribution in [-0.2, 0) is 0 Å². The zero-order chi connectivity index (χ0) is 14.7. The molecule has 1 N–H and O–H groups in total. The maximum absolute atomic E-state index is 4.68. The number of aryl methyl sites for hydroxylation is 1. The van der Waals surface area contributed by atoms with Crippen molar-refractivity contribution in [2.75, 3.05) is 6.54 Å². The third-order valence-corrected chi connectivity index (χ3v) is 4.75. The van der Waals surface area contributed by atoms with Crippen molar-refractivity contribution in [1.29, 1.82) is 0 Å². The van der Waals surface area contributed by atoms with Gasteiger partial charge in [-0.1, -0.05) is 50.8 Å². The lowest BCUT2D eigenvalue weighted by atomic mass is 9.91. The normalized spacial score (nSPS) is 17.4. The second kappa shape index (κ2) is 6.57. The number of nitrogens with one attached hydrogen (secondary N) is 1. The summed E-state index contributed by atoms with van der Waals surface area (Å²) in [5.41, 5.74) is 3.69. The molecule has 2 heteroatoms. The fourth-order valence-electron chi connectivity index (χ4n) is 3.77. The Morgan fingerprint density at radius 3 is 2.76 bits per heavy atom. The van der Waals surface area contributed by atoms with Crippen molar-refractivity contribution >= 4 is 10.9 Å². The van der Waals surface area contributed by atoms with Crippen LogP contribution in [0.3, 0.4) is 0 Å². The first-order valence-electron chi connectivity index (χ1n) is 8.37. The van der Waals surface area contributed by atoms with E-state index in [1.165, 1.54) is 43.1 Å². The van der Waals surface area contributed by atoms with E-state index in [9.17, 15) is 0 Å². The molecule has 3 rings (SSSR count). The standard InChI is InChI=1S/C19H26N2/c1-3-20-19(13-15-8-4-5-9-15)17-12-14(2)21-18-11-7-6-10-16(17)18/h6-7,10-12,15,19-20H,3-5,8-9,13H2,1-2H3. The first-order valence-corrected chi connectivity index (χ1v) is 8.37. The quantitative estimate of drug-likeness (QED) is 0.854. The minimum atomic E-state index is 0.463. The highest BCUT2D eigenvalue weighted by molar-refractivity contribution is 5.82. The summed E-state index contributed by atoms with van der Waals surface area (Å²) in [5.74, 6) is 0.890. The summed E-state index contributed by atoms with van der Waals surface area (Å²) < 4.78 is 0. The van der Waals surface area contributed by atoms with Gasteiger partial charge in [0.2, 0.25) is 0 Å². The second-order valence-electron chi connectivity index (χ2n) is 6.37. The number of aromatic nitrogens is 1. The average molecular weight is 282 g/mol. The van der Waals surface area contributed by atoms with Crippen molar-refractivity contribution in [3.8, 4) is 0 Å². The summed E-state index contributed by atoms with van der Waals surface area (Å²) in [6.45, 7) is 5.33. The molecule has 0 radical (unpaired) electrons. The van der Waals surface area contributed by atoms with E-state index in [2.05, 4.69) is 54.5 Å². The monoisotopic (exact) mass is 282 g/mol. The van der Waals surface area contributed by atoms with Crippen LogP contribution in [-0.4, -0.2) is 11.5 Å². The zero-order valence-corrected chi connectivity index (χ0v) is 13.2. The van der Waals surface area contributed by atoms with Crippen LogP contribution in [0.4, 0.5) is 0 Å². The Morgan fingerprint density at radius 2 is 2.00 bits per heavy atom. The smallest absolute Gasteiger partial charge is 0.0708 e. The largest absolute Gasteiger partial charge is 0.310 e. The van der Waals surface area contributed by atoms with Gasteiger partial charge >= 0.3 is 0 Å². The van der Waals surface area contributed by atoms with Crippen LogP contribution >= 0.6 is 0 Å². The second-order valence-corrected chi connectivity index (χ2v) is 6.37. The van der Waals surface area contributed by atoms with Crippen LogP contribution in [0.1, 0.15) is 56.3 Å². The summed E-state index contributed by atoms with van der Waals surface area (Å²) in [6, 6.07) is 11.3. The maximum atomic E-state index is 4.68. The lowest BCUT2D eigenvalue weighted by Crippen LogP contribution is -2.23. The summed E-state index contributed by atoms with van der Waals surface area (Å²) in [5, 5.41) is 5.03. The lowest BCUT2D eigenvalue weighted by molar-refractivity contribution is 0.402. The van der Waals surface area contributed by atoms with Gasteiger partial charge in [-0.2, -0.15) is 0 Å². The number of rotatable bonds is 5. The molecule has 0 saturated heterocycles. The molecular weight excluding hydrogens is 256 g/mol. The number of benzene rings is 1. The maximum Gasteiger partial charge on any atom is 0.0708 e. The summed E-state index contributed by atoms with van der Waals surface area (Å²) in [4.78, 5) is 4.68. The molecule has 0 bridgehead atoms. The lowest BCUT2D eigenvalue weighted by Gasteiger charge is -2.23. The van der Waals surface area contributed by atoms with Gasteiger partial charge in [0.15, 0.2) is 0 Å². The van der Waals surface area contributed by atoms with E-state index in [4.69, 9.17) is 0 Å². The van der Waals surface area contributed by atoms with Gasteiger partial charge in [-0.05, 0) is 43.5 Å². The number of para-hydroxylation sites is 1. The molecule has 2 aromatic rings. The van der Waals surface area contributed by atoms with Gasteiger partial charge in [-0.3, -0.25) is 4.98 Å². The molecule has 1 aromatic carbocycles. The van der Waals surface area contributed by atoms with E-state index >= 15 is 0 Å². The van der Waals surface area contributed by atoms with Crippen LogP contribution in [0.15, 0.2) is 30.3 Å². The highest BCUT2D eigenvalue weighted by Crippen LogP contribution is 2.35. The van der Waals surface area contributed by atoms with E-state index < -0.39 is 0 Å². The number of hydrogen-bond donors (Lipinski definition) is 1. The van der Waals surface area contributed by atoms with E-state index in [1.54, 1.807) is 0 Å². The molecular formula is C19H26N2. The Hall–Kier alpha value is -1.41. The highest BCUT2D eigenvalue weighted by atomic mass is 14.9. The SMILES string of the molecule is CCNC(CC1CCCC1)c1cc(C)nc2ccccc12. The van der Waals surface area contributed by atoms with Crippen LogP contribution in [0.25, 0.3) is 10.9 Å². The molecule has 1 aliphatic rings. The molecule has 1 aromatic heterocycles. The van der Waals surface area contributed by atoms with Gasteiger partial charge in [0, 0.05) is 17.1 Å². The fourth-order valence-corrected chi connectivity index (χ4v) is 3.77. The minimum Gasteiger partial charge on any atom is -0.310 e. The predicted molar refractivity (Wildman–Crippen MR) is 89.5 cm³/mol. The molecule has 1 unspecified atom stereocenters.